The highest BCUT2D eigenvalue weighted by Gasteiger charge is 2.15. The summed E-state index contributed by atoms with van der Waals surface area (Å²) in [7, 11) is -3.98. The number of hydrogen-bond donors (Lipinski definition) is 1. The SMILES string of the molecule is CCc1nnc([N-]S(=O)(=O)c2ccc(NC(=O)c3cc4ccccc4oc3=O)cc2)s1. The minimum Gasteiger partial charge on any atom is -0.422 e. The van der Waals surface area contributed by atoms with Gasteiger partial charge in [0.1, 0.15) is 11.1 Å². The second-order valence-corrected chi connectivity index (χ2v) is 9.01. The first kappa shape index (κ1) is 20.7. The number of carbonyl (C=O) groups is 1. The van der Waals surface area contributed by atoms with E-state index in [-0.39, 0.29) is 15.6 Å². The summed E-state index contributed by atoms with van der Waals surface area (Å²) in [6.45, 7) is 1.88. The number of hydrogen-bond acceptors (Lipinski definition) is 8. The van der Waals surface area contributed by atoms with Gasteiger partial charge in [0.05, 0.1) is 9.90 Å². The van der Waals surface area contributed by atoms with Crippen LogP contribution in [0, 0.1) is 0 Å². The minimum atomic E-state index is -3.98. The van der Waals surface area contributed by atoms with Crippen LogP contribution < -0.4 is 10.9 Å². The molecule has 0 bridgehead atoms. The lowest BCUT2D eigenvalue weighted by Gasteiger charge is -2.12. The fourth-order valence-corrected chi connectivity index (χ4v) is 4.50. The number of rotatable bonds is 6. The molecule has 0 spiro atoms. The van der Waals surface area contributed by atoms with Crippen molar-refractivity contribution in [1.82, 2.24) is 10.2 Å². The molecule has 0 aliphatic rings. The van der Waals surface area contributed by atoms with Crippen molar-refractivity contribution in [3.05, 3.63) is 80.3 Å². The van der Waals surface area contributed by atoms with E-state index in [4.69, 9.17) is 4.42 Å². The smallest absolute Gasteiger partial charge is 0.349 e. The average molecular weight is 455 g/mol. The molecule has 31 heavy (non-hydrogen) atoms. The van der Waals surface area contributed by atoms with Gasteiger partial charge in [0.15, 0.2) is 0 Å². The predicted molar refractivity (Wildman–Crippen MR) is 116 cm³/mol. The number of para-hydroxylation sites is 1. The van der Waals surface area contributed by atoms with Crippen LogP contribution in [0.15, 0.2) is 68.7 Å². The van der Waals surface area contributed by atoms with Gasteiger partial charge in [-0.1, -0.05) is 25.1 Å². The van der Waals surface area contributed by atoms with Crippen molar-refractivity contribution in [1.29, 1.82) is 0 Å². The third-order valence-corrected chi connectivity index (χ3v) is 6.61. The van der Waals surface area contributed by atoms with Crippen LogP contribution in [0.5, 0.6) is 0 Å². The molecule has 1 N–H and O–H groups in total. The van der Waals surface area contributed by atoms with Gasteiger partial charge in [0.25, 0.3) is 5.91 Å². The van der Waals surface area contributed by atoms with Crippen molar-refractivity contribution in [2.75, 3.05) is 5.32 Å². The monoisotopic (exact) mass is 455 g/mol. The molecule has 0 atom stereocenters. The molecule has 11 heteroatoms. The Morgan fingerprint density at radius 1 is 1.13 bits per heavy atom. The highest BCUT2D eigenvalue weighted by molar-refractivity contribution is 7.94. The molecular weight excluding hydrogens is 440 g/mol. The molecule has 4 aromatic rings. The predicted octanol–water partition coefficient (Wildman–Crippen LogP) is 3.85. The zero-order valence-electron chi connectivity index (χ0n) is 16.1. The van der Waals surface area contributed by atoms with Gasteiger partial charge < -0.3 is 19.6 Å². The van der Waals surface area contributed by atoms with Crippen molar-refractivity contribution >= 4 is 49.1 Å². The second-order valence-electron chi connectivity index (χ2n) is 6.36. The molecule has 2 aromatic carbocycles. The Balaban J connectivity index is 1.51. The van der Waals surface area contributed by atoms with Crippen LogP contribution in [-0.4, -0.2) is 24.5 Å². The molecule has 0 aliphatic heterocycles. The van der Waals surface area contributed by atoms with Gasteiger partial charge in [-0.3, -0.25) is 9.89 Å². The van der Waals surface area contributed by atoms with E-state index in [1.54, 1.807) is 24.3 Å². The van der Waals surface area contributed by atoms with Gasteiger partial charge in [-0.2, -0.15) is 0 Å². The molecule has 0 saturated heterocycles. The highest BCUT2D eigenvalue weighted by atomic mass is 32.2. The van der Waals surface area contributed by atoms with E-state index in [1.165, 1.54) is 30.3 Å². The minimum absolute atomic E-state index is 0.0530. The van der Waals surface area contributed by atoms with Crippen molar-refractivity contribution in [3.63, 3.8) is 0 Å². The maximum atomic E-state index is 12.5. The van der Waals surface area contributed by atoms with Gasteiger partial charge in [-0.25, -0.2) is 13.2 Å². The Kier molecular flexibility index (Phi) is 5.53. The van der Waals surface area contributed by atoms with E-state index in [0.717, 1.165) is 11.3 Å². The molecule has 0 fully saturated rings. The van der Waals surface area contributed by atoms with E-state index in [9.17, 15) is 18.0 Å². The highest BCUT2D eigenvalue weighted by Crippen LogP contribution is 2.31. The quantitative estimate of drug-likeness (QED) is 0.436. The molecule has 4 rings (SSSR count). The summed E-state index contributed by atoms with van der Waals surface area (Å²) < 4.78 is 33.8. The molecule has 2 heterocycles. The number of amides is 1. The van der Waals surface area contributed by atoms with Crippen molar-refractivity contribution in [2.24, 2.45) is 0 Å². The molecular formula is C20H15N4O5S2-. The number of benzene rings is 2. The van der Waals surface area contributed by atoms with Crippen LogP contribution >= 0.6 is 11.3 Å². The number of carbonyl (C=O) groups excluding carboxylic acids is 1. The topological polar surface area (TPSA) is 133 Å². The molecule has 9 nitrogen and oxygen atoms in total. The maximum Gasteiger partial charge on any atom is 0.349 e. The fourth-order valence-electron chi connectivity index (χ4n) is 2.71. The number of aromatic nitrogens is 2. The van der Waals surface area contributed by atoms with Gasteiger partial charge in [-0.15, -0.1) is 11.3 Å². The number of fused-ring (bicyclic) bond motifs is 1. The zero-order valence-corrected chi connectivity index (χ0v) is 17.7. The normalized spacial score (nSPS) is 11.4. The first-order valence-electron chi connectivity index (χ1n) is 9.10. The van der Waals surface area contributed by atoms with Gasteiger partial charge in [-0.05, 0) is 42.8 Å². The van der Waals surface area contributed by atoms with Crippen LogP contribution in [0.3, 0.4) is 0 Å². The number of nitrogens with zero attached hydrogens (tertiary/aromatic N) is 3. The van der Waals surface area contributed by atoms with Gasteiger partial charge in [0.2, 0.25) is 10.0 Å². The summed E-state index contributed by atoms with van der Waals surface area (Å²) in [6, 6.07) is 13.7. The first-order chi connectivity index (χ1) is 14.9. The van der Waals surface area contributed by atoms with Crippen LogP contribution in [0.1, 0.15) is 22.3 Å². The van der Waals surface area contributed by atoms with Crippen LogP contribution in [0.2, 0.25) is 0 Å². The van der Waals surface area contributed by atoms with Crippen molar-refractivity contribution in [3.8, 4) is 0 Å². The Hall–Kier alpha value is -3.57. The molecule has 0 radical (unpaired) electrons. The number of aryl methyl sites for hydroxylation is 1. The Labute approximate surface area is 180 Å². The van der Waals surface area contributed by atoms with E-state index < -0.39 is 21.6 Å². The molecule has 0 aliphatic carbocycles. The summed E-state index contributed by atoms with van der Waals surface area (Å²) >= 11 is 1.10. The molecule has 158 valence electrons. The lowest BCUT2D eigenvalue weighted by molar-refractivity contribution is 0.102. The van der Waals surface area contributed by atoms with Crippen molar-refractivity contribution < 1.29 is 17.6 Å². The Bertz CT molecular complexity index is 1430. The Morgan fingerprint density at radius 3 is 2.58 bits per heavy atom. The summed E-state index contributed by atoms with van der Waals surface area (Å²) in [5.74, 6) is -0.666. The summed E-state index contributed by atoms with van der Waals surface area (Å²) in [5, 5.41) is 11.5. The standard InChI is InChI=1S/C20H16N4O5S2/c1-2-17-22-23-20(30-17)24-31(27,28)14-9-7-13(8-10-14)21-18(25)15-11-12-5-3-4-6-16(12)29-19(15)26/h3-11H,2H2,1H3,(H2,21,23,24,25)/p-1. The van der Waals surface area contributed by atoms with Crippen LogP contribution in [0.4, 0.5) is 10.8 Å². The maximum absolute atomic E-state index is 12.5. The largest absolute Gasteiger partial charge is 0.422 e. The average Bonchev–Trinajstić information content (AvgIpc) is 3.20. The van der Waals surface area contributed by atoms with Gasteiger partial charge in [0, 0.05) is 16.2 Å². The van der Waals surface area contributed by atoms with Crippen LogP contribution in [0.25, 0.3) is 15.7 Å². The molecule has 2 aromatic heterocycles. The second kappa shape index (κ2) is 8.28. The van der Waals surface area contributed by atoms with Crippen molar-refractivity contribution in [2.45, 2.75) is 18.2 Å². The van der Waals surface area contributed by atoms with Gasteiger partial charge >= 0.3 is 5.63 Å². The molecule has 0 saturated carbocycles. The summed E-state index contributed by atoms with van der Waals surface area (Å²) in [5.41, 5.74) is -0.240. The molecule has 1 amide bonds. The van der Waals surface area contributed by atoms with E-state index in [0.29, 0.717) is 28.1 Å². The van der Waals surface area contributed by atoms with E-state index in [1.807, 2.05) is 6.92 Å². The molecule has 0 unspecified atom stereocenters. The zero-order chi connectivity index (χ0) is 22.0. The summed E-state index contributed by atoms with van der Waals surface area (Å²) in [4.78, 5) is 24.6. The van der Waals surface area contributed by atoms with E-state index in [2.05, 4.69) is 20.2 Å². The third kappa shape index (κ3) is 4.47. The number of sulfonamides is 1. The summed E-state index contributed by atoms with van der Waals surface area (Å²) in [6.07, 6.45) is 0.636. The lowest BCUT2D eigenvalue weighted by atomic mass is 10.1. The number of anilines is 1. The number of nitrogens with one attached hydrogen (secondary N) is 1. The Morgan fingerprint density at radius 2 is 1.87 bits per heavy atom. The van der Waals surface area contributed by atoms with Crippen LogP contribution in [-0.2, 0) is 16.4 Å². The third-order valence-electron chi connectivity index (χ3n) is 4.25. The lowest BCUT2D eigenvalue weighted by Crippen LogP contribution is -2.20. The van der Waals surface area contributed by atoms with E-state index >= 15 is 0 Å². The fraction of sp³-hybridized carbons (Fsp3) is 0.100. The first-order valence-corrected chi connectivity index (χ1v) is 11.4.